The summed E-state index contributed by atoms with van der Waals surface area (Å²) in [5.74, 6) is -0.323. The zero-order valence-electron chi connectivity index (χ0n) is 18.4. The second-order valence-corrected chi connectivity index (χ2v) is 8.37. The summed E-state index contributed by atoms with van der Waals surface area (Å²) in [6.45, 7) is 1.75. The molecule has 0 spiro atoms. The average Bonchev–Trinajstić information content (AvgIpc) is 3.20. The van der Waals surface area contributed by atoms with E-state index in [0.717, 1.165) is 27.9 Å². The lowest BCUT2D eigenvalue weighted by molar-refractivity contribution is -0.116. The number of halogens is 1. The number of anilines is 1. The van der Waals surface area contributed by atoms with E-state index in [4.69, 9.17) is 16.7 Å². The molecule has 0 saturated carbocycles. The Bertz CT molecular complexity index is 1540. The Hall–Kier alpha value is -4.16. The number of pyridine rings is 1. The molecule has 0 saturated heterocycles. The lowest BCUT2D eigenvalue weighted by atomic mass is 10.0. The minimum atomic E-state index is -0.323. The third-order valence-electron chi connectivity index (χ3n) is 5.61. The minimum absolute atomic E-state index is 0.162. The second kappa shape index (κ2) is 9.00. The molecule has 1 amide bonds. The lowest BCUT2D eigenvalue weighted by Gasteiger charge is -2.14. The van der Waals surface area contributed by atoms with Gasteiger partial charge in [0, 0.05) is 22.2 Å². The van der Waals surface area contributed by atoms with Crippen LogP contribution in [0.15, 0.2) is 95.8 Å². The molecule has 2 heterocycles. The Morgan fingerprint density at radius 3 is 2.26 bits per heavy atom. The van der Waals surface area contributed by atoms with Gasteiger partial charge >= 0.3 is 0 Å². The van der Waals surface area contributed by atoms with Gasteiger partial charge in [0.2, 0.25) is 5.91 Å². The molecule has 0 unspecified atom stereocenters. The summed E-state index contributed by atoms with van der Waals surface area (Å²) in [6, 6.07) is 27.7. The summed E-state index contributed by atoms with van der Waals surface area (Å²) in [5, 5.41) is 9.00. The largest absolute Gasteiger partial charge is 0.325 e. The van der Waals surface area contributed by atoms with Crippen molar-refractivity contribution in [3.05, 3.63) is 112 Å². The van der Waals surface area contributed by atoms with Crippen LogP contribution in [0.25, 0.3) is 27.8 Å². The Morgan fingerprint density at radius 2 is 1.59 bits per heavy atom. The molecule has 3 aromatic carbocycles. The Balaban J connectivity index is 1.68. The molecular formula is C27H21ClN4O2. The first kappa shape index (κ1) is 21.7. The fraction of sp³-hybridized carbons (Fsp3) is 0.0741. The van der Waals surface area contributed by atoms with E-state index in [0.29, 0.717) is 16.4 Å². The maximum Gasteiger partial charge on any atom is 0.253 e. The lowest BCUT2D eigenvalue weighted by Crippen LogP contribution is -2.28. The van der Waals surface area contributed by atoms with Crippen LogP contribution in [0.3, 0.4) is 0 Å². The molecule has 2 aromatic heterocycles. The standard InChI is InChI=1S/C27H21ClN4O2/c1-18-26-23(19-8-4-2-5-9-19)16-25(34)31(17-24(33)29-21-14-12-20(28)13-15-21)27(26)32(30-18)22-10-6-3-7-11-22/h2-16H,17H2,1H3,(H,29,33). The number of nitrogens with zero attached hydrogens (tertiary/aromatic N) is 3. The van der Waals surface area contributed by atoms with Gasteiger partial charge in [0.15, 0.2) is 0 Å². The van der Waals surface area contributed by atoms with E-state index in [-0.39, 0.29) is 18.0 Å². The maximum absolute atomic E-state index is 13.4. The zero-order chi connectivity index (χ0) is 23.7. The van der Waals surface area contributed by atoms with Gasteiger partial charge in [0.25, 0.3) is 5.56 Å². The molecule has 168 valence electrons. The number of hydrogen-bond donors (Lipinski definition) is 1. The van der Waals surface area contributed by atoms with Gasteiger partial charge in [-0.2, -0.15) is 5.10 Å². The molecule has 0 aliphatic carbocycles. The number of amides is 1. The molecule has 0 aliphatic heterocycles. The van der Waals surface area contributed by atoms with Crippen LogP contribution in [0.5, 0.6) is 0 Å². The van der Waals surface area contributed by atoms with Gasteiger partial charge in [0.05, 0.1) is 11.4 Å². The van der Waals surface area contributed by atoms with Crippen molar-refractivity contribution in [3.63, 3.8) is 0 Å². The average molecular weight is 469 g/mol. The van der Waals surface area contributed by atoms with E-state index >= 15 is 0 Å². The normalized spacial score (nSPS) is 11.0. The van der Waals surface area contributed by atoms with Crippen LogP contribution >= 0.6 is 11.6 Å². The molecule has 6 nitrogen and oxygen atoms in total. The van der Waals surface area contributed by atoms with E-state index in [1.165, 1.54) is 4.57 Å². The topological polar surface area (TPSA) is 68.9 Å². The second-order valence-electron chi connectivity index (χ2n) is 7.93. The number of carbonyl (C=O) groups is 1. The highest BCUT2D eigenvalue weighted by Crippen LogP contribution is 2.31. The fourth-order valence-corrected chi connectivity index (χ4v) is 4.21. The number of aromatic nitrogens is 3. The van der Waals surface area contributed by atoms with Crippen molar-refractivity contribution in [1.29, 1.82) is 0 Å². The highest BCUT2D eigenvalue weighted by molar-refractivity contribution is 6.30. The number of benzene rings is 3. The minimum Gasteiger partial charge on any atom is -0.325 e. The maximum atomic E-state index is 13.4. The number of nitrogens with one attached hydrogen (secondary N) is 1. The Kier molecular flexibility index (Phi) is 5.74. The zero-order valence-corrected chi connectivity index (χ0v) is 19.2. The third-order valence-corrected chi connectivity index (χ3v) is 5.86. The quantitative estimate of drug-likeness (QED) is 0.372. The molecule has 5 aromatic rings. The molecule has 1 N–H and O–H groups in total. The molecule has 5 rings (SSSR count). The number of aryl methyl sites for hydroxylation is 1. The van der Waals surface area contributed by atoms with Crippen molar-refractivity contribution in [2.75, 3.05) is 5.32 Å². The summed E-state index contributed by atoms with van der Waals surface area (Å²) >= 11 is 5.94. The van der Waals surface area contributed by atoms with Crippen molar-refractivity contribution in [2.45, 2.75) is 13.5 Å². The molecule has 0 bridgehead atoms. The summed E-state index contributed by atoms with van der Waals surface area (Å²) in [5.41, 5.74) is 4.16. The third kappa shape index (κ3) is 4.11. The predicted octanol–water partition coefficient (Wildman–Crippen LogP) is 5.45. The summed E-state index contributed by atoms with van der Waals surface area (Å²) in [7, 11) is 0. The Morgan fingerprint density at radius 1 is 0.941 bits per heavy atom. The van der Waals surface area contributed by atoms with Gasteiger partial charge in [-0.3, -0.25) is 14.2 Å². The summed E-state index contributed by atoms with van der Waals surface area (Å²) in [6.07, 6.45) is 0. The molecule has 0 atom stereocenters. The van der Waals surface area contributed by atoms with Crippen LogP contribution in [-0.4, -0.2) is 20.3 Å². The van der Waals surface area contributed by atoms with Crippen molar-refractivity contribution in [2.24, 2.45) is 0 Å². The molecule has 34 heavy (non-hydrogen) atoms. The highest BCUT2D eigenvalue weighted by atomic mass is 35.5. The molecule has 7 heteroatoms. The van der Waals surface area contributed by atoms with Gasteiger partial charge in [-0.25, -0.2) is 4.68 Å². The van der Waals surface area contributed by atoms with Gasteiger partial charge in [-0.1, -0.05) is 60.1 Å². The SMILES string of the molecule is Cc1nn(-c2ccccc2)c2c1c(-c1ccccc1)cc(=O)n2CC(=O)Nc1ccc(Cl)cc1. The molecule has 0 fully saturated rings. The van der Waals surface area contributed by atoms with Gasteiger partial charge in [0.1, 0.15) is 12.2 Å². The van der Waals surface area contributed by atoms with Crippen LogP contribution in [0, 0.1) is 6.92 Å². The van der Waals surface area contributed by atoms with Crippen LogP contribution in [0.1, 0.15) is 5.69 Å². The first-order valence-corrected chi connectivity index (χ1v) is 11.2. The number of hydrogen-bond acceptors (Lipinski definition) is 3. The number of fused-ring (bicyclic) bond motifs is 1. The molecule has 0 radical (unpaired) electrons. The van der Waals surface area contributed by atoms with Crippen molar-refractivity contribution in [3.8, 4) is 16.8 Å². The van der Waals surface area contributed by atoms with E-state index in [1.807, 2.05) is 67.6 Å². The van der Waals surface area contributed by atoms with Crippen LogP contribution in [-0.2, 0) is 11.3 Å². The first-order chi connectivity index (χ1) is 16.5. The molecule has 0 aliphatic rings. The number of carbonyl (C=O) groups excluding carboxylic acids is 1. The predicted molar refractivity (Wildman–Crippen MR) is 136 cm³/mol. The van der Waals surface area contributed by atoms with Crippen molar-refractivity contribution >= 4 is 34.2 Å². The van der Waals surface area contributed by atoms with Gasteiger partial charge in [-0.05, 0) is 54.4 Å². The molecular weight excluding hydrogens is 448 g/mol. The van der Waals surface area contributed by atoms with Crippen LogP contribution in [0.4, 0.5) is 5.69 Å². The smallest absolute Gasteiger partial charge is 0.253 e. The van der Waals surface area contributed by atoms with Crippen molar-refractivity contribution in [1.82, 2.24) is 14.3 Å². The van der Waals surface area contributed by atoms with E-state index in [2.05, 4.69) is 5.32 Å². The first-order valence-electron chi connectivity index (χ1n) is 10.8. The summed E-state index contributed by atoms with van der Waals surface area (Å²) < 4.78 is 3.20. The van der Waals surface area contributed by atoms with Crippen LogP contribution in [0.2, 0.25) is 5.02 Å². The van der Waals surface area contributed by atoms with Crippen LogP contribution < -0.4 is 10.9 Å². The highest BCUT2D eigenvalue weighted by Gasteiger charge is 2.21. The fourth-order valence-electron chi connectivity index (χ4n) is 4.08. The van der Waals surface area contributed by atoms with E-state index in [9.17, 15) is 9.59 Å². The number of para-hydroxylation sites is 1. The van der Waals surface area contributed by atoms with Crippen molar-refractivity contribution < 1.29 is 4.79 Å². The monoisotopic (exact) mass is 468 g/mol. The van der Waals surface area contributed by atoms with E-state index in [1.54, 1.807) is 35.0 Å². The Labute approximate surface area is 201 Å². The van der Waals surface area contributed by atoms with Gasteiger partial charge in [-0.15, -0.1) is 0 Å². The van der Waals surface area contributed by atoms with E-state index < -0.39 is 0 Å². The summed E-state index contributed by atoms with van der Waals surface area (Å²) in [4.78, 5) is 26.3. The van der Waals surface area contributed by atoms with Gasteiger partial charge < -0.3 is 5.32 Å². The number of rotatable bonds is 5.